The van der Waals surface area contributed by atoms with Gasteiger partial charge in [-0.05, 0) is 55.7 Å². The maximum absolute atomic E-state index is 10.9. The second-order valence-corrected chi connectivity index (χ2v) is 9.76. The molecule has 188 valence electrons. The van der Waals surface area contributed by atoms with Gasteiger partial charge in [0.05, 0.1) is 36.2 Å². The molecule has 1 saturated carbocycles. The highest BCUT2D eigenvalue weighted by atomic mass is 35.5. The number of hydrogen-bond donors (Lipinski definition) is 1. The predicted octanol–water partition coefficient (Wildman–Crippen LogP) is 5.50. The molecule has 1 fully saturated rings. The van der Waals surface area contributed by atoms with Gasteiger partial charge in [0.15, 0.2) is 11.2 Å². The van der Waals surface area contributed by atoms with Crippen LogP contribution in [0, 0.1) is 11.3 Å². The van der Waals surface area contributed by atoms with Crippen molar-refractivity contribution in [3.8, 4) is 29.1 Å². The number of benzene rings is 2. The topological polar surface area (TPSA) is 123 Å². The molecule has 37 heavy (non-hydrogen) atoms. The fraction of sp³-hybridized carbons (Fsp3) is 0.269. The van der Waals surface area contributed by atoms with E-state index in [1.807, 2.05) is 11.5 Å². The summed E-state index contributed by atoms with van der Waals surface area (Å²) in [5, 5.41) is 19.4. The highest BCUT2D eigenvalue weighted by Crippen LogP contribution is 2.42. The lowest BCUT2D eigenvalue weighted by molar-refractivity contribution is -0.137. The number of halogens is 2. The van der Waals surface area contributed by atoms with Crippen molar-refractivity contribution in [3.05, 3.63) is 63.9 Å². The summed E-state index contributed by atoms with van der Waals surface area (Å²) in [7, 11) is 0. The van der Waals surface area contributed by atoms with E-state index in [9.17, 15) is 10.1 Å². The number of aliphatic carboxylic acids is 1. The number of aromatic nitrogens is 4. The first-order chi connectivity index (χ1) is 17.8. The van der Waals surface area contributed by atoms with Gasteiger partial charge in [0.25, 0.3) is 0 Å². The SMILES string of the molecule is CC1(Oc2ncnc3c2nc(-c2cccc(OCCC(=O)O)c2Cl)n3Cc2cc(Cl)ccc2C#N)CC1. The number of hydrogen-bond acceptors (Lipinski definition) is 7. The molecule has 2 aromatic carbocycles. The Morgan fingerprint density at radius 2 is 2.05 bits per heavy atom. The Kier molecular flexibility index (Phi) is 6.63. The molecule has 11 heteroatoms. The molecule has 2 heterocycles. The molecule has 5 rings (SSSR count). The molecule has 0 amide bonds. The van der Waals surface area contributed by atoms with Gasteiger partial charge in [0.1, 0.15) is 23.5 Å². The van der Waals surface area contributed by atoms with Crippen molar-refractivity contribution in [1.29, 1.82) is 5.26 Å². The summed E-state index contributed by atoms with van der Waals surface area (Å²) >= 11 is 13.0. The minimum atomic E-state index is -0.973. The van der Waals surface area contributed by atoms with Crippen molar-refractivity contribution in [1.82, 2.24) is 19.5 Å². The van der Waals surface area contributed by atoms with E-state index in [-0.39, 0.29) is 30.2 Å². The molecule has 0 atom stereocenters. The van der Waals surface area contributed by atoms with E-state index >= 15 is 0 Å². The lowest BCUT2D eigenvalue weighted by Gasteiger charge is -2.14. The molecule has 9 nitrogen and oxygen atoms in total. The van der Waals surface area contributed by atoms with E-state index in [4.69, 9.17) is 42.8 Å². The normalized spacial score (nSPS) is 13.8. The van der Waals surface area contributed by atoms with Crippen LogP contribution in [0.15, 0.2) is 42.7 Å². The second kappa shape index (κ2) is 9.88. The minimum absolute atomic E-state index is 0.0367. The largest absolute Gasteiger partial charge is 0.491 e. The molecule has 0 unspecified atom stereocenters. The van der Waals surface area contributed by atoms with Gasteiger partial charge in [-0.1, -0.05) is 29.3 Å². The van der Waals surface area contributed by atoms with Crippen molar-refractivity contribution < 1.29 is 19.4 Å². The van der Waals surface area contributed by atoms with E-state index in [1.54, 1.807) is 36.4 Å². The predicted molar refractivity (Wildman–Crippen MR) is 137 cm³/mol. The van der Waals surface area contributed by atoms with Gasteiger partial charge in [0, 0.05) is 10.6 Å². The van der Waals surface area contributed by atoms with Gasteiger partial charge in [-0.25, -0.2) is 9.97 Å². The summed E-state index contributed by atoms with van der Waals surface area (Å²) in [4.78, 5) is 24.6. The quantitative estimate of drug-likeness (QED) is 0.296. The molecule has 1 N–H and O–H groups in total. The monoisotopic (exact) mass is 537 g/mol. The average molecular weight is 538 g/mol. The van der Waals surface area contributed by atoms with Gasteiger partial charge < -0.3 is 19.1 Å². The number of fused-ring (bicyclic) bond motifs is 1. The molecular weight excluding hydrogens is 517 g/mol. The molecule has 0 bridgehead atoms. The maximum Gasteiger partial charge on any atom is 0.306 e. The third-order valence-electron chi connectivity index (χ3n) is 6.09. The van der Waals surface area contributed by atoms with Gasteiger partial charge in [-0.3, -0.25) is 4.79 Å². The van der Waals surface area contributed by atoms with Crippen molar-refractivity contribution in [2.45, 2.75) is 38.3 Å². The molecule has 0 radical (unpaired) electrons. The van der Waals surface area contributed by atoms with Crippen LogP contribution in [0.1, 0.15) is 37.3 Å². The van der Waals surface area contributed by atoms with E-state index in [2.05, 4.69) is 16.0 Å². The van der Waals surface area contributed by atoms with Crippen LogP contribution in [0.4, 0.5) is 0 Å². The Morgan fingerprint density at radius 3 is 2.78 bits per heavy atom. The van der Waals surface area contributed by atoms with E-state index in [0.29, 0.717) is 50.3 Å². The second-order valence-electron chi connectivity index (χ2n) is 8.95. The van der Waals surface area contributed by atoms with E-state index in [1.165, 1.54) is 6.33 Å². The number of carboxylic acid groups (broad SMARTS) is 1. The number of nitriles is 1. The van der Waals surface area contributed by atoms with Crippen molar-refractivity contribution >= 4 is 40.3 Å². The number of rotatable bonds is 9. The molecule has 0 aliphatic heterocycles. The highest BCUT2D eigenvalue weighted by Gasteiger charge is 2.41. The molecule has 2 aromatic heterocycles. The fourth-order valence-corrected chi connectivity index (χ4v) is 4.33. The molecule has 0 saturated heterocycles. The maximum atomic E-state index is 10.9. The third kappa shape index (κ3) is 5.17. The van der Waals surface area contributed by atoms with Crippen LogP contribution in [0.25, 0.3) is 22.6 Å². The lowest BCUT2D eigenvalue weighted by atomic mass is 10.1. The molecular formula is C26H21Cl2N5O4. The third-order valence-corrected chi connectivity index (χ3v) is 6.71. The number of carboxylic acids is 1. The summed E-state index contributed by atoms with van der Waals surface area (Å²) in [6, 6.07) is 12.4. The first-order valence-electron chi connectivity index (χ1n) is 11.5. The van der Waals surface area contributed by atoms with Crippen LogP contribution in [0.3, 0.4) is 0 Å². The van der Waals surface area contributed by atoms with Gasteiger partial charge in [0.2, 0.25) is 5.88 Å². The summed E-state index contributed by atoms with van der Waals surface area (Å²) < 4.78 is 13.6. The van der Waals surface area contributed by atoms with Gasteiger partial charge >= 0.3 is 5.97 Å². The molecule has 1 aliphatic rings. The summed E-state index contributed by atoms with van der Waals surface area (Å²) in [5.74, 6) is 0.173. The zero-order valence-electron chi connectivity index (χ0n) is 19.7. The van der Waals surface area contributed by atoms with Gasteiger partial charge in [-0.2, -0.15) is 10.2 Å². The Balaban J connectivity index is 1.66. The Morgan fingerprint density at radius 1 is 1.24 bits per heavy atom. The van der Waals surface area contributed by atoms with Gasteiger partial charge in [-0.15, -0.1) is 0 Å². The van der Waals surface area contributed by atoms with Crippen LogP contribution in [-0.4, -0.2) is 42.8 Å². The fourth-order valence-electron chi connectivity index (χ4n) is 3.87. The minimum Gasteiger partial charge on any atom is -0.491 e. The lowest BCUT2D eigenvalue weighted by Crippen LogP contribution is -2.13. The first-order valence-corrected chi connectivity index (χ1v) is 12.3. The number of ether oxygens (including phenoxy) is 2. The summed E-state index contributed by atoms with van der Waals surface area (Å²) in [6.45, 7) is 2.20. The van der Waals surface area contributed by atoms with Crippen LogP contribution in [-0.2, 0) is 11.3 Å². The molecule has 4 aromatic rings. The standard InChI is InChI=1S/C26H21Cl2N5O4/c1-26(8-9-26)37-25-22-24(30-14-31-25)33(13-16-11-17(27)6-5-15(16)12-29)23(32-22)18-3-2-4-19(21(18)28)36-10-7-20(34)35/h2-6,11,14H,7-10,13H2,1H3,(H,34,35). The molecule has 1 aliphatic carbocycles. The van der Waals surface area contributed by atoms with E-state index < -0.39 is 5.97 Å². The summed E-state index contributed by atoms with van der Waals surface area (Å²) in [5.41, 5.74) is 2.35. The van der Waals surface area contributed by atoms with Crippen LogP contribution >= 0.6 is 23.2 Å². The number of imidazole rings is 1. The van der Waals surface area contributed by atoms with Crippen LogP contribution in [0.5, 0.6) is 11.6 Å². The Hall–Kier alpha value is -3.87. The Labute approximate surface area is 222 Å². The molecule has 0 spiro atoms. The smallest absolute Gasteiger partial charge is 0.306 e. The number of carbonyl (C=O) groups is 1. The number of nitrogens with zero attached hydrogens (tertiary/aromatic N) is 5. The zero-order chi connectivity index (χ0) is 26.2. The summed E-state index contributed by atoms with van der Waals surface area (Å²) in [6.07, 6.45) is 3.09. The zero-order valence-corrected chi connectivity index (χ0v) is 21.3. The van der Waals surface area contributed by atoms with Crippen molar-refractivity contribution in [2.24, 2.45) is 0 Å². The van der Waals surface area contributed by atoms with Crippen molar-refractivity contribution in [2.75, 3.05) is 6.61 Å². The first kappa shape index (κ1) is 24.8. The van der Waals surface area contributed by atoms with Crippen LogP contribution < -0.4 is 9.47 Å². The van der Waals surface area contributed by atoms with E-state index in [0.717, 1.165) is 12.8 Å². The van der Waals surface area contributed by atoms with Crippen molar-refractivity contribution in [3.63, 3.8) is 0 Å². The highest BCUT2D eigenvalue weighted by molar-refractivity contribution is 6.34. The Bertz CT molecular complexity index is 1560. The average Bonchev–Trinajstić information content (AvgIpc) is 3.48. The van der Waals surface area contributed by atoms with Crippen LogP contribution in [0.2, 0.25) is 10.0 Å².